The zero-order chi connectivity index (χ0) is 22.2. The lowest BCUT2D eigenvalue weighted by Gasteiger charge is -2.23. The van der Waals surface area contributed by atoms with Crippen LogP contribution in [-0.4, -0.2) is 59.8 Å². The van der Waals surface area contributed by atoms with Crippen molar-refractivity contribution in [1.82, 2.24) is 0 Å². The zero-order valence-corrected chi connectivity index (χ0v) is 17.5. The van der Waals surface area contributed by atoms with Crippen LogP contribution in [0.5, 0.6) is 5.75 Å². The molecule has 1 aromatic rings. The van der Waals surface area contributed by atoms with Crippen molar-refractivity contribution < 1.29 is 32.0 Å². The van der Waals surface area contributed by atoms with Gasteiger partial charge in [-0.1, -0.05) is 36.7 Å². The summed E-state index contributed by atoms with van der Waals surface area (Å²) >= 11 is 0. The van der Waals surface area contributed by atoms with Crippen LogP contribution < -0.4 is 4.74 Å². The van der Waals surface area contributed by atoms with Gasteiger partial charge in [-0.05, 0) is 31.4 Å². The lowest BCUT2D eigenvalue weighted by atomic mass is 9.85. The molecule has 0 atom stereocenters. The van der Waals surface area contributed by atoms with Crippen LogP contribution in [0.3, 0.4) is 0 Å². The van der Waals surface area contributed by atoms with Crippen molar-refractivity contribution in [2.45, 2.75) is 57.7 Å². The van der Waals surface area contributed by atoms with Gasteiger partial charge in [0.05, 0.1) is 23.5 Å². The first kappa shape index (κ1) is 25.3. The first-order valence-electron chi connectivity index (χ1n) is 9.03. The molecule has 1 N–H and O–H groups in total. The Bertz CT molecular complexity index is 813. The highest BCUT2D eigenvalue weighted by Gasteiger charge is 2.29. The highest BCUT2D eigenvalue weighted by Crippen LogP contribution is 2.27. The maximum absolute atomic E-state index is 12.2. The number of hydrogen-bond donors (Lipinski definition) is 1. The Balaban J connectivity index is 2.63. The molecule has 0 aliphatic heterocycles. The Kier molecular flexibility index (Phi) is 9.49. The van der Waals surface area contributed by atoms with Crippen molar-refractivity contribution in [1.29, 1.82) is 0 Å². The number of hydrogen-bond acceptors (Lipinski definition) is 6. The summed E-state index contributed by atoms with van der Waals surface area (Å²) in [7, 11) is 12.8. The molecular weight excluding hydrogens is 393 g/mol. The average Bonchev–Trinajstić information content (AvgIpc) is 2.58. The van der Waals surface area contributed by atoms with Gasteiger partial charge in [-0.15, -0.1) is 0 Å². The molecule has 0 spiro atoms. The van der Waals surface area contributed by atoms with E-state index >= 15 is 0 Å². The van der Waals surface area contributed by atoms with E-state index in [1.807, 2.05) is 0 Å². The third kappa shape index (κ3) is 9.08. The number of benzene rings is 1. The molecule has 1 rings (SSSR count). The third-order valence-corrected chi connectivity index (χ3v) is 4.94. The summed E-state index contributed by atoms with van der Waals surface area (Å²) in [5, 5.41) is 0. The summed E-state index contributed by atoms with van der Waals surface area (Å²) in [6, 6.07) is 3.49. The molecule has 29 heavy (non-hydrogen) atoms. The minimum absolute atomic E-state index is 0.0690. The summed E-state index contributed by atoms with van der Waals surface area (Å²) in [5.74, 6) is -1.69. The lowest BCUT2D eigenvalue weighted by molar-refractivity contribution is -0.154. The Morgan fingerprint density at radius 1 is 1.00 bits per heavy atom. The van der Waals surface area contributed by atoms with Crippen LogP contribution in [-0.2, 0) is 43.4 Å². The summed E-state index contributed by atoms with van der Waals surface area (Å²) in [6.45, 7) is 2.72. The molecule has 0 saturated heterocycles. The monoisotopic (exact) mass is 416 g/mol. The predicted octanol–water partition coefficient (Wildman–Crippen LogP) is 0.977. The summed E-state index contributed by atoms with van der Waals surface area (Å²) in [5.41, 5.74) is 0.643. The number of rotatable bonds is 11. The van der Waals surface area contributed by atoms with E-state index in [-0.39, 0.29) is 31.9 Å². The number of esters is 2. The number of carbonyl (C=O) groups excluding carboxylic acids is 2. The Morgan fingerprint density at radius 3 is 1.97 bits per heavy atom. The van der Waals surface area contributed by atoms with Crippen molar-refractivity contribution in [3.8, 4) is 5.75 Å². The molecular formula is C18H23B3O7S. The molecule has 0 aliphatic carbocycles. The van der Waals surface area contributed by atoms with Crippen LogP contribution in [0.2, 0.25) is 0 Å². The maximum Gasteiger partial charge on any atom is 0.311 e. The molecule has 0 heterocycles. The molecule has 0 fully saturated rings. The first-order chi connectivity index (χ1) is 13.4. The normalized spacial score (nSPS) is 11.8. The molecule has 6 radical (unpaired) electrons. The molecule has 152 valence electrons. The van der Waals surface area contributed by atoms with Gasteiger partial charge in [0.15, 0.2) is 0 Å². The second kappa shape index (κ2) is 10.9. The molecule has 0 aliphatic rings. The van der Waals surface area contributed by atoms with Gasteiger partial charge in [-0.2, -0.15) is 8.42 Å². The fraction of sp³-hybridized carbons (Fsp3) is 0.556. The van der Waals surface area contributed by atoms with E-state index in [1.165, 1.54) is 13.8 Å². The molecule has 1 aromatic carbocycles. The average molecular weight is 416 g/mol. The van der Waals surface area contributed by atoms with E-state index < -0.39 is 33.4 Å². The fourth-order valence-corrected chi connectivity index (χ4v) is 3.69. The third-order valence-electron chi connectivity index (χ3n) is 3.88. The second-order valence-electron chi connectivity index (χ2n) is 7.14. The summed E-state index contributed by atoms with van der Waals surface area (Å²) in [4.78, 5) is 24.0. The Morgan fingerprint density at radius 2 is 1.52 bits per heavy atom. The van der Waals surface area contributed by atoms with Gasteiger partial charge in [0, 0.05) is 12.8 Å². The Hall–Kier alpha value is -1.74. The highest BCUT2D eigenvalue weighted by atomic mass is 32.2. The SMILES string of the molecule is [B]Cc1cc(C[B])c(OC(=O)CCCC(=O)OC(C)(C)CS(=O)(=O)O)c(C[B])c1. The van der Waals surface area contributed by atoms with E-state index in [1.54, 1.807) is 12.1 Å². The van der Waals surface area contributed by atoms with Crippen molar-refractivity contribution in [3.63, 3.8) is 0 Å². The van der Waals surface area contributed by atoms with E-state index in [0.29, 0.717) is 23.2 Å². The predicted molar refractivity (Wildman–Crippen MR) is 111 cm³/mol. The van der Waals surface area contributed by atoms with E-state index in [0.717, 1.165) is 5.56 Å². The maximum atomic E-state index is 12.2. The van der Waals surface area contributed by atoms with Crippen LogP contribution in [0.15, 0.2) is 12.1 Å². The van der Waals surface area contributed by atoms with Crippen LogP contribution in [0.25, 0.3) is 0 Å². The fourth-order valence-electron chi connectivity index (χ4n) is 2.75. The van der Waals surface area contributed by atoms with Crippen LogP contribution >= 0.6 is 0 Å². The second-order valence-corrected chi connectivity index (χ2v) is 8.60. The number of ether oxygens (including phenoxy) is 2. The quantitative estimate of drug-likeness (QED) is 0.248. The Labute approximate surface area is 175 Å². The minimum Gasteiger partial charge on any atom is -0.458 e. The van der Waals surface area contributed by atoms with Gasteiger partial charge >= 0.3 is 11.9 Å². The molecule has 0 bridgehead atoms. The van der Waals surface area contributed by atoms with Crippen molar-refractivity contribution in [3.05, 3.63) is 28.8 Å². The van der Waals surface area contributed by atoms with Gasteiger partial charge in [-0.25, -0.2) is 0 Å². The van der Waals surface area contributed by atoms with Gasteiger partial charge in [0.2, 0.25) is 0 Å². The molecule has 7 nitrogen and oxygen atoms in total. The molecule has 0 aromatic heterocycles. The number of carbonyl (C=O) groups is 2. The smallest absolute Gasteiger partial charge is 0.311 e. The van der Waals surface area contributed by atoms with Crippen LogP contribution in [0.1, 0.15) is 49.8 Å². The summed E-state index contributed by atoms with van der Waals surface area (Å²) < 4.78 is 41.2. The van der Waals surface area contributed by atoms with Crippen LogP contribution in [0.4, 0.5) is 0 Å². The largest absolute Gasteiger partial charge is 0.458 e. The van der Waals surface area contributed by atoms with E-state index in [2.05, 4.69) is 0 Å². The molecule has 0 saturated carbocycles. The van der Waals surface area contributed by atoms with E-state index in [4.69, 9.17) is 37.6 Å². The molecule has 0 unspecified atom stereocenters. The molecule has 0 amide bonds. The van der Waals surface area contributed by atoms with Crippen LogP contribution in [0, 0.1) is 0 Å². The van der Waals surface area contributed by atoms with Crippen molar-refractivity contribution in [2.24, 2.45) is 0 Å². The topological polar surface area (TPSA) is 107 Å². The lowest BCUT2D eigenvalue weighted by Crippen LogP contribution is -2.35. The highest BCUT2D eigenvalue weighted by molar-refractivity contribution is 7.85. The van der Waals surface area contributed by atoms with Crippen molar-refractivity contribution >= 4 is 45.6 Å². The van der Waals surface area contributed by atoms with Crippen molar-refractivity contribution in [2.75, 3.05) is 5.75 Å². The summed E-state index contributed by atoms with van der Waals surface area (Å²) in [6.07, 6.45) is 0.516. The van der Waals surface area contributed by atoms with E-state index in [9.17, 15) is 18.0 Å². The van der Waals surface area contributed by atoms with Gasteiger partial charge in [0.1, 0.15) is 17.1 Å². The van der Waals surface area contributed by atoms with Gasteiger partial charge in [0.25, 0.3) is 10.1 Å². The first-order valence-corrected chi connectivity index (χ1v) is 10.6. The zero-order valence-electron chi connectivity index (χ0n) is 16.6. The van der Waals surface area contributed by atoms with Gasteiger partial charge in [-0.3, -0.25) is 14.1 Å². The van der Waals surface area contributed by atoms with Gasteiger partial charge < -0.3 is 9.47 Å². The standard InChI is InChI=1S/C18H23B3O7S/c1-18(2,11-29(24,25)26)28-16(23)5-3-4-15(22)27-17-13(9-20)6-12(8-19)7-14(17)10-21/h6-7H,3-5,8-11H2,1-2H3,(H,24,25,26). The molecule has 11 heteroatoms. The minimum atomic E-state index is -4.29.